The lowest BCUT2D eigenvalue weighted by molar-refractivity contribution is -0.136. The van der Waals surface area contributed by atoms with Crippen molar-refractivity contribution in [2.24, 2.45) is 0 Å². The largest absolute Gasteiger partial charge is 0.481 e. The molecule has 0 aromatic rings. The van der Waals surface area contributed by atoms with E-state index in [9.17, 15) is 9.59 Å². The molecule has 0 aliphatic rings. The van der Waals surface area contributed by atoms with E-state index in [4.69, 9.17) is 5.11 Å². The Balaban J connectivity index is 3.30. The van der Waals surface area contributed by atoms with Gasteiger partial charge in [-0.3, -0.25) is 4.79 Å². The molecule has 0 rings (SSSR count). The summed E-state index contributed by atoms with van der Waals surface area (Å²) in [6.07, 6.45) is 2.33. The van der Waals surface area contributed by atoms with Gasteiger partial charge >= 0.3 is 12.0 Å². The summed E-state index contributed by atoms with van der Waals surface area (Å²) in [7, 11) is 0. The summed E-state index contributed by atoms with van der Waals surface area (Å²) < 4.78 is 0. The van der Waals surface area contributed by atoms with Crippen LogP contribution in [0.5, 0.6) is 0 Å². The lowest BCUT2D eigenvalue weighted by Gasteiger charge is -2.04. The number of amides is 2. The van der Waals surface area contributed by atoms with Crippen molar-refractivity contribution >= 4 is 12.0 Å². The number of hydrogen-bond acceptors (Lipinski definition) is 2. The number of urea groups is 1. The summed E-state index contributed by atoms with van der Waals surface area (Å²) >= 11 is 0. The Kier molecular flexibility index (Phi) is 6.31. The van der Waals surface area contributed by atoms with E-state index < -0.39 is 5.97 Å². The number of rotatable bonds is 6. The van der Waals surface area contributed by atoms with Gasteiger partial charge in [-0.25, -0.2) is 4.79 Å². The number of hydrogen-bond donors (Lipinski definition) is 3. The van der Waals surface area contributed by atoms with Crippen molar-refractivity contribution in [1.82, 2.24) is 10.6 Å². The molecular formula is C8H14N2O3. The number of carbonyl (C=O) groups is 2. The Morgan fingerprint density at radius 3 is 2.46 bits per heavy atom. The van der Waals surface area contributed by atoms with E-state index in [2.05, 4.69) is 17.2 Å². The van der Waals surface area contributed by atoms with Gasteiger partial charge in [-0.05, 0) is 6.42 Å². The zero-order valence-corrected chi connectivity index (χ0v) is 7.38. The first kappa shape index (κ1) is 11.5. The first-order chi connectivity index (χ1) is 6.16. The molecule has 0 aliphatic carbocycles. The van der Waals surface area contributed by atoms with Gasteiger partial charge < -0.3 is 15.7 Å². The van der Waals surface area contributed by atoms with Crippen molar-refractivity contribution in [3.8, 4) is 0 Å². The van der Waals surface area contributed by atoms with Crippen LogP contribution in [0.2, 0.25) is 0 Å². The molecule has 0 fully saturated rings. The second kappa shape index (κ2) is 7.15. The van der Waals surface area contributed by atoms with E-state index in [0.29, 0.717) is 13.0 Å². The van der Waals surface area contributed by atoms with Crippen molar-refractivity contribution in [2.75, 3.05) is 13.1 Å². The van der Waals surface area contributed by atoms with E-state index in [1.165, 1.54) is 0 Å². The third-order valence-electron chi connectivity index (χ3n) is 1.26. The summed E-state index contributed by atoms with van der Waals surface area (Å²) in [6.45, 7) is 4.16. The molecule has 5 heteroatoms. The molecule has 0 aromatic heterocycles. The van der Waals surface area contributed by atoms with E-state index >= 15 is 0 Å². The molecule has 13 heavy (non-hydrogen) atoms. The van der Waals surface area contributed by atoms with Gasteiger partial charge in [-0.2, -0.15) is 0 Å². The highest BCUT2D eigenvalue weighted by Gasteiger charge is 1.99. The molecule has 0 heterocycles. The smallest absolute Gasteiger partial charge is 0.314 e. The van der Waals surface area contributed by atoms with Crippen LogP contribution in [0, 0.1) is 0 Å². The van der Waals surface area contributed by atoms with E-state index in [1.807, 2.05) is 0 Å². The van der Waals surface area contributed by atoms with Crippen LogP contribution in [0.25, 0.3) is 0 Å². The predicted octanol–water partition coefficient (Wildman–Crippen LogP) is 0.336. The van der Waals surface area contributed by atoms with Gasteiger partial charge in [0.2, 0.25) is 0 Å². The Labute approximate surface area is 76.8 Å². The van der Waals surface area contributed by atoms with Crippen LogP contribution in [0.15, 0.2) is 12.7 Å². The third-order valence-corrected chi connectivity index (χ3v) is 1.26. The van der Waals surface area contributed by atoms with Crippen LogP contribution in [0.3, 0.4) is 0 Å². The molecule has 3 N–H and O–H groups in total. The van der Waals surface area contributed by atoms with Gasteiger partial charge in [0, 0.05) is 13.1 Å². The molecule has 5 nitrogen and oxygen atoms in total. The van der Waals surface area contributed by atoms with Gasteiger partial charge in [-0.1, -0.05) is 6.08 Å². The zero-order chi connectivity index (χ0) is 10.1. The Morgan fingerprint density at radius 2 is 1.92 bits per heavy atom. The minimum Gasteiger partial charge on any atom is -0.481 e. The van der Waals surface area contributed by atoms with Crippen molar-refractivity contribution in [3.63, 3.8) is 0 Å². The van der Waals surface area contributed by atoms with Crippen molar-refractivity contribution in [3.05, 3.63) is 12.7 Å². The van der Waals surface area contributed by atoms with Crippen LogP contribution in [-0.4, -0.2) is 30.2 Å². The fraction of sp³-hybridized carbons (Fsp3) is 0.500. The maximum absolute atomic E-state index is 10.8. The zero-order valence-electron chi connectivity index (χ0n) is 7.38. The second-order valence-corrected chi connectivity index (χ2v) is 2.40. The molecule has 0 unspecified atom stereocenters. The Bertz CT molecular complexity index is 192. The fourth-order valence-electron chi connectivity index (χ4n) is 0.633. The highest BCUT2D eigenvalue weighted by Crippen LogP contribution is 1.77. The van der Waals surface area contributed by atoms with Gasteiger partial charge in [0.05, 0.1) is 6.42 Å². The van der Waals surface area contributed by atoms with E-state index in [1.54, 1.807) is 6.08 Å². The van der Waals surface area contributed by atoms with Crippen LogP contribution in [0.4, 0.5) is 4.79 Å². The number of carbonyl (C=O) groups excluding carboxylic acids is 1. The normalized spacial score (nSPS) is 8.92. The topological polar surface area (TPSA) is 78.4 Å². The van der Waals surface area contributed by atoms with E-state index in [0.717, 1.165) is 0 Å². The number of aliphatic carboxylic acids is 1. The predicted molar refractivity (Wildman–Crippen MR) is 48.5 cm³/mol. The maximum atomic E-state index is 10.8. The lowest BCUT2D eigenvalue weighted by atomic mass is 10.4. The minimum absolute atomic E-state index is 0.0606. The number of carboxylic acid groups (broad SMARTS) is 1. The lowest BCUT2D eigenvalue weighted by Crippen LogP contribution is -2.36. The van der Waals surface area contributed by atoms with Crippen LogP contribution >= 0.6 is 0 Å². The summed E-state index contributed by atoms with van der Waals surface area (Å²) in [5.74, 6) is -0.925. The quantitative estimate of drug-likeness (QED) is 0.413. The first-order valence-corrected chi connectivity index (χ1v) is 4.01. The SMILES string of the molecule is C=CCCNC(=O)NCCC(=O)O. The Morgan fingerprint density at radius 1 is 1.31 bits per heavy atom. The summed E-state index contributed by atoms with van der Waals surface area (Å²) in [4.78, 5) is 20.9. The molecule has 0 aromatic carbocycles. The molecule has 0 aliphatic heterocycles. The standard InChI is InChI=1S/C8H14N2O3/c1-2-3-5-9-8(13)10-6-4-7(11)12/h2H,1,3-6H2,(H,11,12)(H2,9,10,13). The monoisotopic (exact) mass is 186 g/mol. The molecule has 0 atom stereocenters. The molecule has 0 saturated carbocycles. The molecule has 2 amide bonds. The van der Waals surface area contributed by atoms with Crippen LogP contribution < -0.4 is 10.6 Å². The highest BCUT2D eigenvalue weighted by atomic mass is 16.4. The molecular weight excluding hydrogens is 172 g/mol. The number of carboxylic acids is 1. The molecule has 0 bridgehead atoms. The molecule has 74 valence electrons. The third kappa shape index (κ3) is 8.39. The molecule has 0 radical (unpaired) electrons. The van der Waals surface area contributed by atoms with Gasteiger partial charge in [0.15, 0.2) is 0 Å². The highest BCUT2D eigenvalue weighted by molar-refractivity contribution is 5.74. The van der Waals surface area contributed by atoms with Crippen molar-refractivity contribution in [1.29, 1.82) is 0 Å². The first-order valence-electron chi connectivity index (χ1n) is 4.01. The summed E-state index contributed by atoms with van der Waals surface area (Å²) in [6, 6.07) is -0.344. The van der Waals surface area contributed by atoms with Gasteiger partial charge in [0.25, 0.3) is 0 Å². The maximum Gasteiger partial charge on any atom is 0.314 e. The molecule has 0 saturated heterocycles. The average molecular weight is 186 g/mol. The summed E-state index contributed by atoms with van der Waals surface area (Å²) in [5, 5.41) is 13.2. The molecule has 0 spiro atoms. The van der Waals surface area contributed by atoms with Gasteiger partial charge in [-0.15, -0.1) is 6.58 Å². The average Bonchev–Trinajstić information content (AvgIpc) is 2.04. The fourth-order valence-corrected chi connectivity index (χ4v) is 0.633. The van der Waals surface area contributed by atoms with Crippen molar-refractivity contribution in [2.45, 2.75) is 12.8 Å². The van der Waals surface area contributed by atoms with Crippen molar-refractivity contribution < 1.29 is 14.7 Å². The Hall–Kier alpha value is -1.52. The minimum atomic E-state index is -0.925. The second-order valence-electron chi connectivity index (χ2n) is 2.40. The van der Waals surface area contributed by atoms with Crippen LogP contribution in [-0.2, 0) is 4.79 Å². The van der Waals surface area contributed by atoms with Crippen LogP contribution in [0.1, 0.15) is 12.8 Å². The van der Waals surface area contributed by atoms with E-state index in [-0.39, 0.29) is 19.0 Å². The summed E-state index contributed by atoms with van der Waals surface area (Å²) in [5.41, 5.74) is 0. The number of nitrogens with one attached hydrogen (secondary N) is 2. The van der Waals surface area contributed by atoms with Gasteiger partial charge in [0.1, 0.15) is 0 Å².